The van der Waals surface area contributed by atoms with Gasteiger partial charge in [-0.05, 0) is 13.0 Å². The number of aromatic nitrogens is 1. The number of amides is 1. The first-order chi connectivity index (χ1) is 7.66. The number of anilines is 1. The lowest BCUT2D eigenvalue weighted by molar-refractivity contribution is -0.119. The summed E-state index contributed by atoms with van der Waals surface area (Å²) in [6, 6.07) is 0. The van der Waals surface area contributed by atoms with Gasteiger partial charge in [-0.1, -0.05) is 18.2 Å². The lowest BCUT2D eigenvalue weighted by Gasteiger charge is -2.15. The third-order valence-corrected chi connectivity index (χ3v) is 3.05. The van der Waals surface area contributed by atoms with Gasteiger partial charge < -0.3 is 5.32 Å². The van der Waals surface area contributed by atoms with Crippen LogP contribution in [0.3, 0.4) is 0 Å². The first kappa shape index (κ1) is 11.0. The van der Waals surface area contributed by atoms with Crippen molar-refractivity contribution in [2.45, 2.75) is 13.1 Å². The number of allylic oxidation sites excluding steroid dienone is 3. The SMILES string of the molecule is Cc1cnc(NC(=O)C2C=CC=CC2F)s1. The van der Waals surface area contributed by atoms with Crippen LogP contribution in [-0.2, 0) is 4.79 Å². The van der Waals surface area contributed by atoms with E-state index in [-0.39, 0.29) is 5.91 Å². The number of hydrogen-bond donors (Lipinski definition) is 1. The smallest absolute Gasteiger partial charge is 0.236 e. The Bertz CT molecular complexity index is 453. The molecule has 1 N–H and O–H groups in total. The number of hydrogen-bond acceptors (Lipinski definition) is 3. The van der Waals surface area contributed by atoms with Crippen molar-refractivity contribution in [2.24, 2.45) is 5.92 Å². The Morgan fingerprint density at radius 3 is 2.88 bits per heavy atom. The normalized spacial score (nSPS) is 23.4. The number of nitrogens with one attached hydrogen (secondary N) is 1. The van der Waals surface area contributed by atoms with E-state index >= 15 is 0 Å². The number of rotatable bonds is 2. The van der Waals surface area contributed by atoms with Gasteiger partial charge >= 0.3 is 0 Å². The summed E-state index contributed by atoms with van der Waals surface area (Å²) in [5.74, 6) is -1.11. The third kappa shape index (κ3) is 2.36. The van der Waals surface area contributed by atoms with Crippen molar-refractivity contribution in [1.82, 2.24) is 4.98 Å². The predicted molar refractivity (Wildman–Crippen MR) is 62.1 cm³/mol. The van der Waals surface area contributed by atoms with Gasteiger partial charge in [-0.15, -0.1) is 11.3 Å². The zero-order valence-corrected chi connectivity index (χ0v) is 9.50. The van der Waals surface area contributed by atoms with Gasteiger partial charge in [-0.2, -0.15) is 0 Å². The number of alkyl halides is 1. The second-order valence-electron chi connectivity index (χ2n) is 3.51. The molecule has 5 heteroatoms. The first-order valence-corrected chi connectivity index (χ1v) is 5.71. The molecule has 1 amide bonds. The molecule has 1 aliphatic rings. The number of halogens is 1. The highest BCUT2D eigenvalue weighted by Gasteiger charge is 2.25. The molecule has 0 spiro atoms. The van der Waals surface area contributed by atoms with Crippen molar-refractivity contribution in [1.29, 1.82) is 0 Å². The van der Waals surface area contributed by atoms with E-state index < -0.39 is 12.1 Å². The Labute approximate surface area is 96.7 Å². The molecule has 1 aliphatic carbocycles. The molecule has 0 bridgehead atoms. The van der Waals surface area contributed by atoms with E-state index in [1.54, 1.807) is 24.4 Å². The molecule has 2 rings (SSSR count). The Morgan fingerprint density at radius 2 is 2.25 bits per heavy atom. The fraction of sp³-hybridized carbons (Fsp3) is 0.273. The van der Waals surface area contributed by atoms with Crippen LogP contribution in [0, 0.1) is 12.8 Å². The van der Waals surface area contributed by atoms with Gasteiger partial charge in [0.05, 0.1) is 5.92 Å². The van der Waals surface area contributed by atoms with Crippen LogP contribution in [-0.4, -0.2) is 17.1 Å². The highest BCUT2D eigenvalue weighted by Crippen LogP contribution is 2.21. The van der Waals surface area contributed by atoms with Gasteiger partial charge in [-0.25, -0.2) is 9.37 Å². The minimum atomic E-state index is -1.26. The molecule has 0 aromatic carbocycles. The van der Waals surface area contributed by atoms with Gasteiger partial charge in [0.1, 0.15) is 6.17 Å². The second-order valence-corrected chi connectivity index (χ2v) is 4.74. The standard InChI is InChI=1S/C11H11FN2OS/c1-7-6-13-11(16-7)14-10(15)8-4-2-3-5-9(8)12/h2-6,8-9H,1H3,(H,13,14,15). The van der Waals surface area contributed by atoms with E-state index in [0.717, 1.165) is 4.88 Å². The average Bonchev–Trinajstić information content (AvgIpc) is 2.64. The van der Waals surface area contributed by atoms with Gasteiger partial charge in [0.2, 0.25) is 5.91 Å². The van der Waals surface area contributed by atoms with Crippen molar-refractivity contribution < 1.29 is 9.18 Å². The maximum absolute atomic E-state index is 13.4. The zero-order chi connectivity index (χ0) is 11.5. The van der Waals surface area contributed by atoms with Crippen LogP contribution in [0.15, 0.2) is 30.5 Å². The number of aryl methyl sites for hydroxylation is 1. The minimum absolute atomic E-state index is 0.359. The third-order valence-electron chi connectivity index (χ3n) is 2.22. The van der Waals surface area contributed by atoms with E-state index in [0.29, 0.717) is 5.13 Å². The number of carbonyl (C=O) groups is 1. The summed E-state index contributed by atoms with van der Waals surface area (Å²) in [6.07, 6.45) is 6.61. The van der Waals surface area contributed by atoms with E-state index in [4.69, 9.17) is 0 Å². The fourth-order valence-electron chi connectivity index (χ4n) is 1.41. The van der Waals surface area contributed by atoms with Crippen LogP contribution in [0.4, 0.5) is 9.52 Å². The van der Waals surface area contributed by atoms with Crippen LogP contribution >= 0.6 is 11.3 Å². The molecular weight excluding hydrogens is 227 g/mol. The fourth-order valence-corrected chi connectivity index (χ4v) is 2.08. The van der Waals surface area contributed by atoms with Gasteiger partial charge in [0, 0.05) is 11.1 Å². The molecule has 0 saturated carbocycles. The lowest BCUT2D eigenvalue weighted by atomic mass is 9.98. The van der Waals surface area contributed by atoms with Crippen LogP contribution in [0.2, 0.25) is 0 Å². The summed E-state index contributed by atoms with van der Waals surface area (Å²) in [4.78, 5) is 16.7. The molecule has 3 nitrogen and oxygen atoms in total. The Balaban J connectivity index is 2.03. The maximum Gasteiger partial charge on any atom is 0.236 e. The summed E-state index contributed by atoms with van der Waals surface area (Å²) in [5, 5.41) is 3.12. The van der Waals surface area contributed by atoms with Crippen LogP contribution < -0.4 is 5.32 Å². The largest absolute Gasteiger partial charge is 0.301 e. The monoisotopic (exact) mass is 238 g/mol. The molecule has 16 heavy (non-hydrogen) atoms. The molecular formula is C11H11FN2OS. The number of carbonyl (C=O) groups excluding carboxylic acids is 1. The minimum Gasteiger partial charge on any atom is -0.301 e. The summed E-state index contributed by atoms with van der Waals surface area (Å²) >= 11 is 1.37. The van der Waals surface area contributed by atoms with E-state index in [9.17, 15) is 9.18 Å². The summed E-state index contributed by atoms with van der Waals surface area (Å²) < 4.78 is 13.4. The summed E-state index contributed by atoms with van der Waals surface area (Å²) in [5.41, 5.74) is 0. The van der Waals surface area contributed by atoms with E-state index in [1.165, 1.54) is 17.4 Å². The summed E-state index contributed by atoms with van der Waals surface area (Å²) in [6.45, 7) is 1.90. The lowest BCUT2D eigenvalue weighted by Crippen LogP contribution is -2.28. The summed E-state index contributed by atoms with van der Waals surface area (Å²) in [7, 11) is 0. The molecule has 0 saturated heterocycles. The predicted octanol–water partition coefficient (Wildman–Crippen LogP) is 2.47. The Hall–Kier alpha value is -1.49. The molecule has 0 radical (unpaired) electrons. The van der Waals surface area contributed by atoms with E-state index in [1.807, 2.05) is 6.92 Å². The molecule has 0 aliphatic heterocycles. The molecule has 1 aromatic rings. The Morgan fingerprint density at radius 1 is 1.50 bits per heavy atom. The number of thiazole rings is 1. The van der Waals surface area contributed by atoms with Gasteiger partial charge in [0.25, 0.3) is 0 Å². The first-order valence-electron chi connectivity index (χ1n) is 4.89. The van der Waals surface area contributed by atoms with Crippen LogP contribution in [0.1, 0.15) is 4.88 Å². The molecule has 84 valence electrons. The molecule has 1 heterocycles. The molecule has 2 unspecified atom stereocenters. The average molecular weight is 238 g/mol. The molecule has 1 aromatic heterocycles. The molecule has 2 atom stereocenters. The quantitative estimate of drug-likeness (QED) is 0.860. The van der Waals surface area contributed by atoms with Crippen molar-refractivity contribution in [3.63, 3.8) is 0 Å². The van der Waals surface area contributed by atoms with Crippen molar-refractivity contribution in [3.8, 4) is 0 Å². The second kappa shape index (κ2) is 4.57. The van der Waals surface area contributed by atoms with Crippen molar-refractivity contribution >= 4 is 22.4 Å². The van der Waals surface area contributed by atoms with Crippen molar-refractivity contribution in [2.75, 3.05) is 5.32 Å². The van der Waals surface area contributed by atoms with Crippen LogP contribution in [0.5, 0.6) is 0 Å². The highest BCUT2D eigenvalue weighted by molar-refractivity contribution is 7.15. The van der Waals surface area contributed by atoms with Gasteiger partial charge in [0.15, 0.2) is 5.13 Å². The maximum atomic E-state index is 13.4. The Kier molecular flexibility index (Phi) is 3.14. The molecule has 0 fully saturated rings. The van der Waals surface area contributed by atoms with E-state index in [2.05, 4.69) is 10.3 Å². The zero-order valence-electron chi connectivity index (χ0n) is 8.68. The highest BCUT2D eigenvalue weighted by atomic mass is 32.1. The number of nitrogens with zero attached hydrogens (tertiary/aromatic N) is 1. The van der Waals surface area contributed by atoms with Gasteiger partial charge in [-0.3, -0.25) is 4.79 Å². The topological polar surface area (TPSA) is 42.0 Å². The van der Waals surface area contributed by atoms with Crippen LogP contribution in [0.25, 0.3) is 0 Å². The van der Waals surface area contributed by atoms with Crippen molar-refractivity contribution in [3.05, 3.63) is 35.4 Å².